The predicted octanol–water partition coefficient (Wildman–Crippen LogP) is 4.01. The van der Waals surface area contributed by atoms with Gasteiger partial charge in [0.05, 0.1) is 18.8 Å². The molecule has 0 amide bonds. The van der Waals surface area contributed by atoms with Crippen LogP contribution >= 0.6 is 11.6 Å². The van der Waals surface area contributed by atoms with Gasteiger partial charge in [-0.2, -0.15) is 19.1 Å². The first kappa shape index (κ1) is 19.8. The van der Waals surface area contributed by atoms with Crippen LogP contribution in [-0.2, 0) is 12.5 Å². The van der Waals surface area contributed by atoms with Gasteiger partial charge in [0, 0.05) is 16.2 Å². The average Bonchev–Trinajstić information content (AvgIpc) is 3.20. The Morgan fingerprint density at radius 3 is 2.79 bits per heavy atom. The summed E-state index contributed by atoms with van der Waals surface area (Å²) in [5.41, 5.74) is 0.797. The zero-order valence-corrected chi connectivity index (χ0v) is 15.6. The zero-order chi connectivity index (χ0) is 20.3. The number of aromatic nitrogens is 4. The Labute approximate surface area is 164 Å². The molecule has 28 heavy (non-hydrogen) atoms. The molecule has 0 saturated carbocycles. The summed E-state index contributed by atoms with van der Waals surface area (Å²) in [4.78, 5) is 0. The molecule has 0 spiro atoms. The van der Waals surface area contributed by atoms with Crippen molar-refractivity contribution in [3.8, 4) is 0 Å². The average molecular weight is 409 g/mol. The molecule has 146 valence electrons. The molecule has 10 heteroatoms. The second-order valence-corrected chi connectivity index (χ2v) is 6.47. The summed E-state index contributed by atoms with van der Waals surface area (Å²) in [5, 5.41) is 18.0. The van der Waals surface area contributed by atoms with Gasteiger partial charge in [0.2, 0.25) is 5.82 Å². The first-order chi connectivity index (χ1) is 13.3. The van der Waals surface area contributed by atoms with Crippen LogP contribution in [0.15, 0.2) is 59.3 Å². The van der Waals surface area contributed by atoms with Crippen LogP contribution in [0.4, 0.5) is 13.2 Å². The van der Waals surface area contributed by atoms with Crippen molar-refractivity contribution >= 4 is 17.3 Å². The molecular weight excluding hydrogens is 393 g/mol. The van der Waals surface area contributed by atoms with Crippen molar-refractivity contribution in [3.05, 3.63) is 76.4 Å². The van der Waals surface area contributed by atoms with Gasteiger partial charge in [-0.15, -0.1) is 10.2 Å². The normalized spacial score (nSPS) is 18.6. The van der Waals surface area contributed by atoms with Crippen molar-refractivity contribution in [2.45, 2.75) is 19.4 Å². The Hall–Kier alpha value is -2.94. The third kappa shape index (κ3) is 4.14. The van der Waals surface area contributed by atoms with Crippen LogP contribution in [0.3, 0.4) is 0 Å². The number of halogens is 4. The third-order valence-electron chi connectivity index (χ3n) is 4.13. The number of nitrogens with one attached hydrogen (secondary N) is 1. The number of hydrogen-bond donors (Lipinski definition) is 1. The van der Waals surface area contributed by atoms with Crippen LogP contribution in [0.1, 0.15) is 18.3 Å². The van der Waals surface area contributed by atoms with Gasteiger partial charge in [0.1, 0.15) is 5.82 Å². The fraction of sp³-hybridized carbons (Fsp3) is 0.222. The maximum Gasteiger partial charge on any atom is 0.335 e. The smallest absolute Gasteiger partial charge is 0.288 e. The summed E-state index contributed by atoms with van der Waals surface area (Å²) in [6.45, 7) is 5.48. The van der Waals surface area contributed by atoms with Gasteiger partial charge in [0.25, 0.3) is 0 Å². The number of rotatable bonds is 4. The maximum absolute atomic E-state index is 14.8. The molecule has 3 rings (SSSR count). The minimum absolute atomic E-state index is 0.00626. The minimum Gasteiger partial charge on any atom is -0.288 e. The number of aromatic amines is 1. The van der Waals surface area contributed by atoms with Crippen LogP contribution < -0.4 is 0 Å². The van der Waals surface area contributed by atoms with E-state index in [-0.39, 0.29) is 29.2 Å². The van der Waals surface area contributed by atoms with Crippen molar-refractivity contribution in [2.24, 2.45) is 5.10 Å². The summed E-state index contributed by atoms with van der Waals surface area (Å²) < 4.78 is 43.7. The third-order valence-corrected chi connectivity index (χ3v) is 4.49. The number of hydrogen-bond acceptors (Lipinski definition) is 5. The lowest BCUT2D eigenvalue weighted by molar-refractivity contribution is 0.0314. The highest BCUT2D eigenvalue weighted by Crippen LogP contribution is 2.34. The SMILES string of the molecule is C=C1/C=C\C(C(F)(F)c2nn[nH]n2)=C/CN(Cc2c(F)cccc2Cl)N=C1C. The van der Waals surface area contributed by atoms with E-state index in [1.54, 1.807) is 13.0 Å². The number of hydrazone groups is 1. The van der Waals surface area contributed by atoms with Crippen LogP contribution in [0.2, 0.25) is 5.02 Å². The fourth-order valence-electron chi connectivity index (χ4n) is 2.52. The van der Waals surface area contributed by atoms with Gasteiger partial charge in [-0.1, -0.05) is 42.5 Å². The lowest BCUT2D eigenvalue weighted by Crippen LogP contribution is -2.22. The minimum atomic E-state index is -3.48. The second-order valence-electron chi connectivity index (χ2n) is 6.06. The van der Waals surface area contributed by atoms with Gasteiger partial charge >= 0.3 is 5.92 Å². The Bertz CT molecular complexity index is 945. The lowest BCUT2D eigenvalue weighted by Gasteiger charge is -2.20. The largest absolute Gasteiger partial charge is 0.335 e. The van der Waals surface area contributed by atoms with Crippen molar-refractivity contribution in [3.63, 3.8) is 0 Å². The number of alkyl halides is 2. The van der Waals surface area contributed by atoms with Crippen molar-refractivity contribution in [1.82, 2.24) is 25.6 Å². The number of allylic oxidation sites excluding steroid dienone is 4. The summed E-state index contributed by atoms with van der Waals surface area (Å²) in [6, 6.07) is 4.32. The maximum atomic E-state index is 14.8. The van der Waals surface area contributed by atoms with Crippen LogP contribution in [0.5, 0.6) is 0 Å². The first-order valence-corrected chi connectivity index (χ1v) is 8.59. The van der Waals surface area contributed by atoms with Crippen molar-refractivity contribution in [2.75, 3.05) is 6.54 Å². The first-order valence-electron chi connectivity index (χ1n) is 8.22. The monoisotopic (exact) mass is 408 g/mol. The molecule has 0 aliphatic carbocycles. The predicted molar refractivity (Wildman–Crippen MR) is 99.4 cm³/mol. The summed E-state index contributed by atoms with van der Waals surface area (Å²) in [5.74, 6) is -4.74. The van der Waals surface area contributed by atoms with E-state index in [1.165, 1.54) is 35.4 Å². The van der Waals surface area contributed by atoms with Crippen molar-refractivity contribution in [1.29, 1.82) is 0 Å². The molecule has 1 aliphatic rings. The van der Waals surface area contributed by atoms with E-state index in [0.717, 1.165) is 0 Å². The van der Waals surface area contributed by atoms with E-state index in [9.17, 15) is 13.2 Å². The number of benzene rings is 1. The Balaban J connectivity index is 1.96. The van der Waals surface area contributed by atoms with E-state index < -0.39 is 17.6 Å². The van der Waals surface area contributed by atoms with E-state index in [4.69, 9.17) is 11.6 Å². The Morgan fingerprint density at radius 2 is 2.11 bits per heavy atom. The molecule has 2 heterocycles. The molecular formula is C18H16ClF3N6. The molecule has 0 saturated heterocycles. The highest BCUT2D eigenvalue weighted by Gasteiger charge is 2.40. The van der Waals surface area contributed by atoms with Gasteiger partial charge in [-0.25, -0.2) is 4.39 Å². The molecule has 0 radical (unpaired) electrons. The number of tetrazole rings is 1. The van der Waals surface area contributed by atoms with Crippen LogP contribution in [0, 0.1) is 5.82 Å². The van der Waals surface area contributed by atoms with Crippen LogP contribution in [0.25, 0.3) is 0 Å². The van der Waals surface area contributed by atoms with E-state index in [0.29, 0.717) is 11.3 Å². The summed E-state index contributed by atoms with van der Waals surface area (Å²) in [6.07, 6.45) is 3.94. The molecule has 0 fully saturated rings. The highest BCUT2D eigenvalue weighted by molar-refractivity contribution is 6.31. The quantitative estimate of drug-likeness (QED) is 0.829. The zero-order valence-electron chi connectivity index (χ0n) is 14.8. The van der Waals surface area contributed by atoms with Gasteiger partial charge < -0.3 is 0 Å². The number of nitrogens with zero attached hydrogens (tertiary/aromatic N) is 5. The molecule has 6 nitrogen and oxygen atoms in total. The molecule has 1 aromatic carbocycles. The fourth-order valence-corrected chi connectivity index (χ4v) is 2.75. The van der Waals surface area contributed by atoms with Gasteiger partial charge in [-0.05, 0) is 29.8 Å². The van der Waals surface area contributed by atoms with E-state index >= 15 is 0 Å². The van der Waals surface area contributed by atoms with E-state index in [2.05, 4.69) is 27.1 Å². The molecule has 1 aromatic heterocycles. The Kier molecular flexibility index (Phi) is 5.64. The standard InChI is InChI=1S/C18H16ClF3N6/c1-11-6-7-13(18(21,22)17-23-26-27-24-17)8-9-28(25-12(11)2)10-14-15(19)4-3-5-16(14)20/h3-8H,1,9-10H2,2H3,(H,23,24,26,27)/b7-6-,13-8+,25-12?. The molecule has 0 bridgehead atoms. The van der Waals surface area contributed by atoms with Gasteiger partial charge in [-0.3, -0.25) is 5.01 Å². The lowest BCUT2D eigenvalue weighted by atomic mass is 10.1. The molecule has 0 atom stereocenters. The highest BCUT2D eigenvalue weighted by atomic mass is 35.5. The molecule has 0 unspecified atom stereocenters. The molecule has 1 aliphatic heterocycles. The van der Waals surface area contributed by atoms with E-state index in [1.807, 2.05) is 5.21 Å². The topological polar surface area (TPSA) is 70.1 Å². The second kappa shape index (κ2) is 7.97. The van der Waals surface area contributed by atoms with Gasteiger partial charge in [0.15, 0.2) is 0 Å². The van der Waals surface area contributed by atoms with Crippen LogP contribution in [-0.4, -0.2) is 37.9 Å². The summed E-state index contributed by atoms with van der Waals surface area (Å²) in [7, 11) is 0. The number of H-pyrrole nitrogens is 1. The summed E-state index contributed by atoms with van der Waals surface area (Å²) >= 11 is 6.08. The molecule has 1 N–H and O–H groups in total. The molecule has 2 aromatic rings. The van der Waals surface area contributed by atoms with Crippen molar-refractivity contribution < 1.29 is 13.2 Å². The Morgan fingerprint density at radius 1 is 1.32 bits per heavy atom.